The normalized spacial score (nSPS) is 15.0. The van der Waals surface area contributed by atoms with E-state index in [1.165, 1.54) is 18.3 Å². The van der Waals surface area contributed by atoms with Crippen LogP contribution in [0.2, 0.25) is 0 Å². The number of ether oxygens (including phenoxy) is 1. The molecule has 0 saturated heterocycles. The van der Waals surface area contributed by atoms with Gasteiger partial charge >= 0.3 is 5.97 Å². The Kier molecular flexibility index (Phi) is 4.78. The van der Waals surface area contributed by atoms with E-state index in [0.29, 0.717) is 11.1 Å². The molecule has 7 nitrogen and oxygen atoms in total. The lowest BCUT2D eigenvalue weighted by Gasteiger charge is -2.19. The van der Waals surface area contributed by atoms with Gasteiger partial charge in [-0.25, -0.2) is 0 Å². The van der Waals surface area contributed by atoms with Crippen LogP contribution in [0.25, 0.3) is 6.08 Å². The Balaban J connectivity index is 1.83. The average molecular weight is 388 g/mol. The first-order chi connectivity index (χ1) is 14.0. The second-order valence-corrected chi connectivity index (χ2v) is 6.54. The number of nitrogens with zero attached hydrogens (tertiary/aromatic N) is 2. The van der Waals surface area contributed by atoms with E-state index >= 15 is 0 Å². The predicted molar refractivity (Wildman–Crippen MR) is 104 cm³/mol. The summed E-state index contributed by atoms with van der Waals surface area (Å²) in [5, 5.41) is 20.0. The first-order valence-corrected chi connectivity index (χ1v) is 8.86. The number of rotatable bonds is 5. The van der Waals surface area contributed by atoms with Gasteiger partial charge in [0, 0.05) is 36.3 Å². The summed E-state index contributed by atoms with van der Waals surface area (Å²) in [7, 11) is 0. The number of phenolic OH excluding ortho intramolecular Hbond substituents is 1. The molecule has 0 saturated carbocycles. The number of aromatic nitrogens is 2. The Labute approximate surface area is 166 Å². The van der Waals surface area contributed by atoms with Crippen LogP contribution in [-0.4, -0.2) is 31.9 Å². The van der Waals surface area contributed by atoms with Crippen molar-refractivity contribution in [2.45, 2.75) is 12.3 Å². The van der Waals surface area contributed by atoms with Crippen molar-refractivity contribution < 1.29 is 24.5 Å². The first-order valence-electron chi connectivity index (χ1n) is 8.86. The Bertz CT molecular complexity index is 1110. The standard InChI is InChI=1S/C22H16N2O5/c25-17-6-5-15-21(28)18(9-13-3-1-7-23-11-13)29-22(15)20(17)16(10-19(26)27)14-4-2-8-24-12-14/h1-9,11-12,16,25H,10H2,(H,26,27)/b18-9-. The first kappa shape index (κ1) is 18.4. The minimum absolute atomic E-state index is 0.0834. The van der Waals surface area contributed by atoms with Gasteiger partial charge in [-0.15, -0.1) is 0 Å². The molecule has 1 aliphatic rings. The largest absolute Gasteiger partial charge is 0.508 e. The zero-order chi connectivity index (χ0) is 20.4. The average Bonchev–Trinajstić information content (AvgIpc) is 3.03. The Morgan fingerprint density at radius 2 is 1.86 bits per heavy atom. The molecule has 1 unspecified atom stereocenters. The monoisotopic (exact) mass is 388 g/mol. The van der Waals surface area contributed by atoms with Crippen LogP contribution in [0.4, 0.5) is 0 Å². The maximum absolute atomic E-state index is 12.8. The minimum Gasteiger partial charge on any atom is -0.508 e. The molecule has 0 bridgehead atoms. The topological polar surface area (TPSA) is 110 Å². The number of carbonyl (C=O) groups is 2. The van der Waals surface area contributed by atoms with E-state index in [1.807, 2.05) is 0 Å². The van der Waals surface area contributed by atoms with Crippen molar-refractivity contribution in [3.8, 4) is 11.5 Å². The summed E-state index contributed by atoms with van der Waals surface area (Å²) in [5.74, 6) is -2.02. The van der Waals surface area contributed by atoms with Gasteiger partial charge in [0.15, 0.2) is 5.76 Å². The van der Waals surface area contributed by atoms with Crippen LogP contribution in [0.1, 0.15) is 39.4 Å². The molecule has 0 aliphatic carbocycles. The molecule has 1 aromatic carbocycles. The second kappa shape index (κ2) is 7.55. The number of carbonyl (C=O) groups excluding carboxylic acids is 1. The van der Waals surface area contributed by atoms with Gasteiger partial charge in [0.05, 0.1) is 12.0 Å². The van der Waals surface area contributed by atoms with Crippen molar-refractivity contribution in [1.82, 2.24) is 9.97 Å². The summed E-state index contributed by atoms with van der Waals surface area (Å²) in [6.07, 6.45) is 7.59. The molecule has 0 radical (unpaired) electrons. The van der Waals surface area contributed by atoms with Gasteiger partial charge in [-0.1, -0.05) is 12.1 Å². The molecule has 0 amide bonds. The Hall–Kier alpha value is -4.00. The maximum atomic E-state index is 12.8. The lowest BCUT2D eigenvalue weighted by molar-refractivity contribution is -0.137. The van der Waals surface area contributed by atoms with E-state index in [4.69, 9.17) is 4.74 Å². The van der Waals surface area contributed by atoms with Crippen molar-refractivity contribution in [2.75, 3.05) is 0 Å². The number of carboxylic acid groups (broad SMARTS) is 1. The van der Waals surface area contributed by atoms with Gasteiger partial charge in [0.1, 0.15) is 11.5 Å². The van der Waals surface area contributed by atoms with Crippen molar-refractivity contribution >= 4 is 17.8 Å². The van der Waals surface area contributed by atoms with Crippen LogP contribution < -0.4 is 4.74 Å². The van der Waals surface area contributed by atoms with Gasteiger partial charge in [-0.05, 0) is 41.5 Å². The highest BCUT2D eigenvalue weighted by atomic mass is 16.5. The van der Waals surface area contributed by atoms with Crippen LogP contribution >= 0.6 is 0 Å². The highest BCUT2D eigenvalue weighted by Gasteiger charge is 2.35. The van der Waals surface area contributed by atoms with E-state index < -0.39 is 11.9 Å². The van der Waals surface area contributed by atoms with Crippen molar-refractivity contribution in [2.24, 2.45) is 0 Å². The molecular formula is C22H16N2O5. The third-order valence-electron chi connectivity index (χ3n) is 4.65. The van der Waals surface area contributed by atoms with Crippen molar-refractivity contribution in [3.63, 3.8) is 0 Å². The molecule has 144 valence electrons. The molecule has 3 aromatic rings. The molecule has 0 spiro atoms. The fourth-order valence-electron chi connectivity index (χ4n) is 3.35. The zero-order valence-corrected chi connectivity index (χ0v) is 15.1. The number of allylic oxidation sites excluding steroid dienone is 1. The van der Waals surface area contributed by atoms with Gasteiger partial charge in [-0.2, -0.15) is 0 Å². The number of phenols is 1. The third-order valence-corrected chi connectivity index (χ3v) is 4.65. The molecule has 2 N–H and O–H groups in total. The van der Waals surface area contributed by atoms with E-state index in [-0.39, 0.29) is 40.6 Å². The van der Waals surface area contributed by atoms with Gasteiger partial charge in [0.2, 0.25) is 5.78 Å². The molecule has 4 rings (SSSR count). The van der Waals surface area contributed by atoms with E-state index in [2.05, 4.69) is 9.97 Å². The molecule has 0 fully saturated rings. The van der Waals surface area contributed by atoms with Crippen LogP contribution in [0, 0.1) is 0 Å². The number of ketones is 1. The number of benzene rings is 1. The number of carboxylic acids is 1. The molecular weight excluding hydrogens is 372 g/mol. The lowest BCUT2D eigenvalue weighted by atomic mass is 9.87. The summed E-state index contributed by atoms with van der Waals surface area (Å²) < 4.78 is 5.83. The highest BCUT2D eigenvalue weighted by Crippen LogP contribution is 2.46. The molecule has 3 heterocycles. The summed E-state index contributed by atoms with van der Waals surface area (Å²) >= 11 is 0. The number of aliphatic carboxylic acids is 1. The number of hydrogen-bond donors (Lipinski definition) is 2. The SMILES string of the molecule is O=C(O)CC(c1cccnc1)c1c(O)ccc2c1O/C(=C\c1cccnc1)C2=O. The van der Waals surface area contributed by atoms with Crippen molar-refractivity contribution in [1.29, 1.82) is 0 Å². The maximum Gasteiger partial charge on any atom is 0.304 e. The lowest BCUT2D eigenvalue weighted by Crippen LogP contribution is -2.10. The summed E-state index contributed by atoms with van der Waals surface area (Å²) in [6.45, 7) is 0. The minimum atomic E-state index is -1.05. The summed E-state index contributed by atoms with van der Waals surface area (Å²) in [6, 6.07) is 9.78. The molecule has 1 aliphatic heterocycles. The fourth-order valence-corrected chi connectivity index (χ4v) is 3.35. The van der Waals surface area contributed by atoms with Crippen LogP contribution in [0.3, 0.4) is 0 Å². The van der Waals surface area contributed by atoms with Crippen molar-refractivity contribution in [3.05, 3.63) is 89.2 Å². The van der Waals surface area contributed by atoms with Gasteiger partial charge in [0.25, 0.3) is 0 Å². The zero-order valence-electron chi connectivity index (χ0n) is 15.1. The van der Waals surface area contributed by atoms with Crippen LogP contribution in [0.15, 0.2) is 66.9 Å². The smallest absolute Gasteiger partial charge is 0.304 e. The molecule has 2 aromatic heterocycles. The van der Waals surface area contributed by atoms with Crippen LogP contribution in [0.5, 0.6) is 11.5 Å². The number of pyridine rings is 2. The Morgan fingerprint density at radius 1 is 1.10 bits per heavy atom. The van der Waals surface area contributed by atoms with E-state index in [0.717, 1.165) is 0 Å². The number of Topliss-reactive ketones (excluding diaryl/α,β-unsaturated/α-hetero) is 1. The Morgan fingerprint density at radius 3 is 2.52 bits per heavy atom. The van der Waals surface area contributed by atoms with E-state index in [1.54, 1.807) is 48.9 Å². The second-order valence-electron chi connectivity index (χ2n) is 6.54. The summed E-state index contributed by atoms with van der Waals surface area (Å²) in [4.78, 5) is 32.4. The van der Waals surface area contributed by atoms with Crippen LogP contribution in [-0.2, 0) is 4.79 Å². The third kappa shape index (κ3) is 3.58. The van der Waals surface area contributed by atoms with E-state index in [9.17, 15) is 19.8 Å². The number of aromatic hydroxyl groups is 1. The quantitative estimate of drug-likeness (QED) is 0.645. The number of hydrogen-bond acceptors (Lipinski definition) is 6. The highest BCUT2D eigenvalue weighted by molar-refractivity contribution is 6.15. The molecule has 7 heteroatoms. The van der Waals surface area contributed by atoms with Gasteiger partial charge in [-0.3, -0.25) is 19.6 Å². The summed E-state index contributed by atoms with van der Waals surface area (Å²) in [5.41, 5.74) is 1.80. The van der Waals surface area contributed by atoms with Gasteiger partial charge < -0.3 is 14.9 Å². The predicted octanol–water partition coefficient (Wildman–Crippen LogP) is 3.41. The number of fused-ring (bicyclic) bond motifs is 1. The fraction of sp³-hybridized carbons (Fsp3) is 0.0909. The molecule has 1 atom stereocenters. The molecule has 29 heavy (non-hydrogen) atoms.